The third-order valence-electron chi connectivity index (χ3n) is 5.47. The van der Waals surface area contributed by atoms with Crippen molar-refractivity contribution in [2.75, 3.05) is 41.1 Å². The van der Waals surface area contributed by atoms with Gasteiger partial charge in [0.2, 0.25) is 15.9 Å². The smallest absolute Gasteiger partial charge is 0.253 e. The van der Waals surface area contributed by atoms with Crippen LogP contribution in [0.5, 0.6) is 0 Å². The molecule has 4 rings (SSSR count). The summed E-state index contributed by atoms with van der Waals surface area (Å²) < 4.78 is 38.4. The molecule has 0 spiro atoms. The maximum atomic E-state index is 13.1. The van der Waals surface area contributed by atoms with Gasteiger partial charge in [0.15, 0.2) is 0 Å². The van der Waals surface area contributed by atoms with Crippen LogP contribution in [0.2, 0.25) is 0 Å². The number of piperazine rings is 1. The zero-order chi connectivity index (χ0) is 21.5. The summed E-state index contributed by atoms with van der Waals surface area (Å²) in [6.07, 6.45) is 0. The summed E-state index contributed by atoms with van der Waals surface area (Å²) in [5.74, 6) is -1.66. The maximum Gasteiger partial charge on any atom is 0.253 e. The summed E-state index contributed by atoms with van der Waals surface area (Å²) in [6.45, 7) is 3.90. The van der Waals surface area contributed by atoms with Crippen molar-refractivity contribution in [3.05, 3.63) is 59.9 Å². The van der Waals surface area contributed by atoms with E-state index in [1.54, 1.807) is 36.1 Å². The predicted molar refractivity (Wildman–Crippen MR) is 111 cm³/mol. The van der Waals surface area contributed by atoms with Gasteiger partial charge < -0.3 is 9.80 Å². The maximum absolute atomic E-state index is 13.1. The van der Waals surface area contributed by atoms with E-state index in [1.807, 2.05) is 0 Å². The summed E-state index contributed by atoms with van der Waals surface area (Å²) in [4.78, 5) is 28.8. The summed E-state index contributed by atoms with van der Waals surface area (Å²) in [5, 5.41) is 0. The number of nitrogens with zero attached hydrogens (tertiary/aromatic N) is 3. The van der Waals surface area contributed by atoms with Gasteiger partial charge in [-0.3, -0.25) is 9.59 Å². The van der Waals surface area contributed by atoms with Crippen molar-refractivity contribution >= 4 is 33.2 Å². The van der Waals surface area contributed by atoms with E-state index in [4.69, 9.17) is 0 Å². The van der Waals surface area contributed by atoms with Gasteiger partial charge in [0.05, 0.1) is 17.4 Å². The first kappa shape index (κ1) is 20.3. The van der Waals surface area contributed by atoms with Crippen molar-refractivity contribution in [3.8, 4) is 0 Å². The lowest BCUT2D eigenvalue weighted by atomic mass is 10.1. The molecule has 2 aromatic rings. The first-order valence-corrected chi connectivity index (χ1v) is 11.3. The molecule has 2 saturated heterocycles. The Morgan fingerprint density at radius 3 is 2.03 bits per heavy atom. The monoisotopic (exact) mass is 431 g/mol. The first-order chi connectivity index (χ1) is 14.3. The third kappa shape index (κ3) is 3.77. The molecule has 2 aliphatic heterocycles. The van der Waals surface area contributed by atoms with Crippen LogP contribution < -0.4 is 9.21 Å². The summed E-state index contributed by atoms with van der Waals surface area (Å²) in [5.41, 5.74) is 1.60. The average molecular weight is 431 g/mol. The molecule has 158 valence electrons. The van der Waals surface area contributed by atoms with Gasteiger partial charge in [-0.25, -0.2) is 17.1 Å². The molecule has 9 heteroatoms. The van der Waals surface area contributed by atoms with Crippen LogP contribution in [-0.2, 0) is 14.8 Å². The molecule has 2 amide bonds. The SMILES string of the molecule is CC1CS(=O)(=O)N(c2ccc(C(=O)N3CCN(c4ccc(F)cc4)CC3)cc2)C1=O. The predicted octanol–water partition coefficient (Wildman–Crippen LogP) is 2.10. The quantitative estimate of drug-likeness (QED) is 0.744. The van der Waals surface area contributed by atoms with Crippen molar-refractivity contribution < 1.29 is 22.4 Å². The summed E-state index contributed by atoms with van der Waals surface area (Å²) in [7, 11) is -3.67. The first-order valence-electron chi connectivity index (χ1n) is 9.73. The number of amides is 2. The summed E-state index contributed by atoms with van der Waals surface area (Å²) >= 11 is 0. The normalized spacial score (nSPS) is 21.2. The number of sulfonamides is 1. The van der Waals surface area contributed by atoms with E-state index in [1.165, 1.54) is 24.3 Å². The minimum Gasteiger partial charge on any atom is -0.368 e. The minimum atomic E-state index is -3.67. The summed E-state index contributed by atoms with van der Waals surface area (Å²) in [6, 6.07) is 12.4. The van der Waals surface area contributed by atoms with Gasteiger partial charge in [-0.05, 0) is 48.5 Å². The molecule has 0 radical (unpaired) electrons. The van der Waals surface area contributed by atoms with Crippen LogP contribution in [0.25, 0.3) is 0 Å². The zero-order valence-corrected chi connectivity index (χ0v) is 17.3. The minimum absolute atomic E-state index is 0.149. The molecule has 7 nitrogen and oxygen atoms in total. The molecule has 0 aromatic heterocycles. The Labute approximate surface area is 174 Å². The van der Waals surface area contributed by atoms with E-state index < -0.39 is 21.8 Å². The molecule has 0 saturated carbocycles. The number of hydrogen-bond acceptors (Lipinski definition) is 5. The van der Waals surface area contributed by atoms with E-state index in [9.17, 15) is 22.4 Å². The van der Waals surface area contributed by atoms with Gasteiger partial charge in [0.1, 0.15) is 5.82 Å². The van der Waals surface area contributed by atoms with Crippen LogP contribution in [0.1, 0.15) is 17.3 Å². The molecule has 2 aliphatic rings. The van der Waals surface area contributed by atoms with Crippen molar-refractivity contribution in [1.29, 1.82) is 0 Å². The van der Waals surface area contributed by atoms with E-state index in [0.717, 1.165) is 9.99 Å². The number of benzene rings is 2. The molecule has 30 heavy (non-hydrogen) atoms. The van der Waals surface area contributed by atoms with Gasteiger partial charge in [0.25, 0.3) is 5.91 Å². The van der Waals surface area contributed by atoms with Crippen LogP contribution in [0.4, 0.5) is 15.8 Å². The second-order valence-electron chi connectivity index (χ2n) is 7.58. The molecule has 2 fully saturated rings. The largest absolute Gasteiger partial charge is 0.368 e. The molecule has 2 aromatic carbocycles. The lowest BCUT2D eigenvalue weighted by molar-refractivity contribution is -0.119. The highest BCUT2D eigenvalue weighted by Crippen LogP contribution is 2.28. The second-order valence-corrected chi connectivity index (χ2v) is 9.45. The molecule has 0 bridgehead atoms. The lowest BCUT2D eigenvalue weighted by Crippen LogP contribution is -2.48. The van der Waals surface area contributed by atoms with Crippen LogP contribution in [0, 0.1) is 11.7 Å². The fourth-order valence-electron chi connectivity index (χ4n) is 3.83. The Kier molecular flexibility index (Phi) is 5.23. The Morgan fingerprint density at radius 1 is 0.933 bits per heavy atom. The van der Waals surface area contributed by atoms with Crippen molar-refractivity contribution in [3.63, 3.8) is 0 Å². The highest BCUT2D eigenvalue weighted by atomic mass is 32.2. The Morgan fingerprint density at radius 2 is 1.50 bits per heavy atom. The van der Waals surface area contributed by atoms with Crippen LogP contribution in [0.15, 0.2) is 48.5 Å². The highest BCUT2D eigenvalue weighted by molar-refractivity contribution is 7.94. The van der Waals surface area contributed by atoms with Gasteiger partial charge in [-0.1, -0.05) is 6.92 Å². The third-order valence-corrected chi connectivity index (χ3v) is 7.34. The van der Waals surface area contributed by atoms with Crippen LogP contribution >= 0.6 is 0 Å². The van der Waals surface area contributed by atoms with Gasteiger partial charge in [-0.2, -0.15) is 0 Å². The van der Waals surface area contributed by atoms with Crippen molar-refractivity contribution in [1.82, 2.24) is 4.90 Å². The highest BCUT2D eigenvalue weighted by Gasteiger charge is 2.41. The van der Waals surface area contributed by atoms with E-state index >= 15 is 0 Å². The van der Waals surface area contributed by atoms with Crippen molar-refractivity contribution in [2.24, 2.45) is 5.92 Å². The molecule has 1 atom stereocenters. The molecular formula is C21H22FN3O4S. The molecule has 2 heterocycles. The Hall–Kier alpha value is -2.94. The molecule has 0 aliphatic carbocycles. The Balaban J connectivity index is 1.42. The number of hydrogen-bond donors (Lipinski definition) is 0. The van der Waals surface area contributed by atoms with E-state index in [-0.39, 0.29) is 23.2 Å². The molecule has 0 N–H and O–H groups in total. The topological polar surface area (TPSA) is 78.0 Å². The van der Waals surface area contributed by atoms with E-state index in [2.05, 4.69) is 4.90 Å². The van der Waals surface area contributed by atoms with Gasteiger partial charge >= 0.3 is 0 Å². The lowest BCUT2D eigenvalue weighted by Gasteiger charge is -2.36. The average Bonchev–Trinajstić information content (AvgIpc) is 2.95. The standard InChI is InChI=1S/C21H22FN3O4S/c1-15-14-30(28,29)25(20(15)26)19-6-2-16(3-7-19)21(27)24-12-10-23(11-13-24)18-8-4-17(22)5-9-18/h2-9,15H,10-14H2,1H3. The fraction of sp³-hybridized carbons (Fsp3) is 0.333. The number of rotatable bonds is 3. The number of carbonyl (C=O) groups excluding carboxylic acids is 2. The van der Waals surface area contributed by atoms with Crippen LogP contribution in [-0.4, -0.2) is 57.1 Å². The zero-order valence-electron chi connectivity index (χ0n) is 16.5. The number of anilines is 2. The molecular weight excluding hydrogens is 409 g/mol. The number of halogens is 1. The second kappa shape index (κ2) is 7.71. The molecule has 1 unspecified atom stereocenters. The van der Waals surface area contributed by atoms with Crippen molar-refractivity contribution in [2.45, 2.75) is 6.92 Å². The van der Waals surface area contributed by atoms with Crippen LogP contribution in [0.3, 0.4) is 0 Å². The number of carbonyl (C=O) groups is 2. The fourth-order valence-corrected chi connectivity index (χ4v) is 5.65. The van der Waals surface area contributed by atoms with Gasteiger partial charge in [0, 0.05) is 37.4 Å². The van der Waals surface area contributed by atoms with E-state index in [0.29, 0.717) is 31.7 Å². The van der Waals surface area contributed by atoms with Gasteiger partial charge in [-0.15, -0.1) is 0 Å². The Bertz CT molecular complexity index is 1060.